The van der Waals surface area contributed by atoms with E-state index in [1.54, 1.807) is 11.8 Å². The molecule has 0 saturated carbocycles. The molecule has 0 atom stereocenters. The second-order valence-corrected chi connectivity index (χ2v) is 5.01. The van der Waals surface area contributed by atoms with Crippen LogP contribution in [0.25, 0.3) is 0 Å². The summed E-state index contributed by atoms with van der Waals surface area (Å²) >= 11 is 7.71. The SMILES string of the molecule is CNCc1ccc(SCCC(=O)OC)c(Cl)c1. The highest BCUT2D eigenvalue weighted by atomic mass is 35.5. The number of thioether (sulfide) groups is 1. The number of carbonyl (C=O) groups excluding carboxylic acids is 1. The van der Waals surface area contributed by atoms with E-state index >= 15 is 0 Å². The lowest BCUT2D eigenvalue weighted by atomic mass is 10.2. The Labute approximate surface area is 111 Å². The first-order chi connectivity index (χ1) is 8.17. The molecule has 1 aromatic rings. The summed E-state index contributed by atoms with van der Waals surface area (Å²) in [6.07, 6.45) is 0.399. The largest absolute Gasteiger partial charge is 0.469 e. The number of halogens is 1. The summed E-state index contributed by atoms with van der Waals surface area (Å²) in [5, 5.41) is 3.80. The van der Waals surface area contributed by atoms with Crippen LogP contribution in [-0.2, 0) is 16.1 Å². The molecule has 0 fully saturated rings. The van der Waals surface area contributed by atoms with Crippen molar-refractivity contribution in [2.45, 2.75) is 17.9 Å². The quantitative estimate of drug-likeness (QED) is 0.639. The number of nitrogens with one attached hydrogen (secondary N) is 1. The van der Waals surface area contributed by atoms with Crippen LogP contribution in [0.3, 0.4) is 0 Å². The predicted molar refractivity (Wildman–Crippen MR) is 71.6 cm³/mol. The molecule has 0 heterocycles. The monoisotopic (exact) mass is 273 g/mol. The minimum atomic E-state index is -0.194. The third-order valence-electron chi connectivity index (χ3n) is 2.17. The van der Waals surface area contributed by atoms with Crippen LogP contribution in [0.5, 0.6) is 0 Å². The summed E-state index contributed by atoms with van der Waals surface area (Å²) in [7, 11) is 3.29. The van der Waals surface area contributed by atoms with E-state index in [0.29, 0.717) is 12.2 Å². The van der Waals surface area contributed by atoms with Gasteiger partial charge in [-0.05, 0) is 24.7 Å². The van der Waals surface area contributed by atoms with Crippen molar-refractivity contribution in [1.82, 2.24) is 5.32 Å². The highest BCUT2D eigenvalue weighted by molar-refractivity contribution is 7.99. The Hall–Kier alpha value is -0.710. The smallest absolute Gasteiger partial charge is 0.306 e. The van der Waals surface area contributed by atoms with Crippen LogP contribution in [0.1, 0.15) is 12.0 Å². The molecule has 0 bridgehead atoms. The van der Waals surface area contributed by atoms with Gasteiger partial charge in [0, 0.05) is 17.2 Å². The van der Waals surface area contributed by atoms with Crippen LogP contribution in [0.2, 0.25) is 5.02 Å². The van der Waals surface area contributed by atoms with E-state index < -0.39 is 0 Å². The summed E-state index contributed by atoms with van der Waals surface area (Å²) in [6, 6.07) is 5.96. The number of rotatable bonds is 6. The summed E-state index contributed by atoms with van der Waals surface area (Å²) in [5.74, 6) is 0.484. The van der Waals surface area contributed by atoms with Crippen molar-refractivity contribution in [2.75, 3.05) is 19.9 Å². The van der Waals surface area contributed by atoms with Gasteiger partial charge in [-0.25, -0.2) is 0 Å². The van der Waals surface area contributed by atoms with Crippen molar-refractivity contribution in [3.8, 4) is 0 Å². The van der Waals surface area contributed by atoms with Gasteiger partial charge in [0.15, 0.2) is 0 Å². The molecular formula is C12H16ClNO2S. The zero-order valence-electron chi connectivity index (χ0n) is 9.96. The fraction of sp³-hybridized carbons (Fsp3) is 0.417. The van der Waals surface area contributed by atoms with Gasteiger partial charge in [0.1, 0.15) is 0 Å². The Morgan fingerprint density at radius 3 is 2.88 bits per heavy atom. The lowest BCUT2D eigenvalue weighted by Crippen LogP contribution is -2.04. The van der Waals surface area contributed by atoms with Gasteiger partial charge in [-0.2, -0.15) is 0 Å². The maximum absolute atomic E-state index is 10.9. The van der Waals surface area contributed by atoms with Crippen LogP contribution in [-0.4, -0.2) is 25.9 Å². The number of hydrogen-bond donors (Lipinski definition) is 1. The summed E-state index contributed by atoms with van der Waals surface area (Å²) < 4.78 is 4.58. The van der Waals surface area contributed by atoms with E-state index in [4.69, 9.17) is 11.6 Å². The number of hydrogen-bond acceptors (Lipinski definition) is 4. The van der Waals surface area contributed by atoms with Crippen molar-refractivity contribution < 1.29 is 9.53 Å². The Bertz CT molecular complexity index is 385. The first kappa shape index (κ1) is 14.4. The van der Waals surface area contributed by atoms with Crippen LogP contribution in [0, 0.1) is 0 Å². The molecule has 0 unspecified atom stereocenters. The molecule has 0 aromatic heterocycles. The number of methoxy groups -OCH3 is 1. The maximum Gasteiger partial charge on any atom is 0.306 e. The number of benzene rings is 1. The minimum Gasteiger partial charge on any atom is -0.469 e. The van der Waals surface area contributed by atoms with E-state index in [0.717, 1.165) is 22.0 Å². The van der Waals surface area contributed by atoms with E-state index in [-0.39, 0.29) is 5.97 Å². The Kier molecular flexibility index (Phi) is 6.40. The van der Waals surface area contributed by atoms with Gasteiger partial charge in [-0.15, -0.1) is 11.8 Å². The van der Waals surface area contributed by atoms with Gasteiger partial charge in [0.05, 0.1) is 18.6 Å². The third-order valence-corrected chi connectivity index (χ3v) is 3.67. The van der Waals surface area contributed by atoms with Crippen molar-refractivity contribution in [1.29, 1.82) is 0 Å². The molecule has 0 aliphatic carbocycles. The lowest BCUT2D eigenvalue weighted by molar-refractivity contribution is -0.140. The molecule has 94 valence electrons. The maximum atomic E-state index is 10.9. The fourth-order valence-electron chi connectivity index (χ4n) is 1.32. The summed E-state index contributed by atoms with van der Waals surface area (Å²) in [5.41, 5.74) is 1.15. The molecule has 1 aromatic carbocycles. The van der Waals surface area contributed by atoms with Gasteiger partial charge in [-0.3, -0.25) is 4.79 Å². The van der Waals surface area contributed by atoms with E-state index in [1.165, 1.54) is 7.11 Å². The Morgan fingerprint density at radius 1 is 1.53 bits per heavy atom. The van der Waals surface area contributed by atoms with Crippen LogP contribution in [0.4, 0.5) is 0 Å². The molecule has 5 heteroatoms. The molecular weight excluding hydrogens is 258 g/mol. The van der Waals surface area contributed by atoms with Crippen molar-refractivity contribution in [3.63, 3.8) is 0 Å². The molecule has 0 saturated heterocycles. The summed E-state index contributed by atoms with van der Waals surface area (Å²) in [6.45, 7) is 0.798. The van der Waals surface area contributed by atoms with Crippen molar-refractivity contribution in [3.05, 3.63) is 28.8 Å². The average Bonchev–Trinajstić information content (AvgIpc) is 2.32. The van der Waals surface area contributed by atoms with Gasteiger partial charge in [0.2, 0.25) is 0 Å². The molecule has 1 rings (SSSR count). The topological polar surface area (TPSA) is 38.3 Å². The first-order valence-corrected chi connectivity index (χ1v) is 6.66. The molecule has 0 radical (unpaired) electrons. The van der Waals surface area contributed by atoms with Gasteiger partial charge in [-0.1, -0.05) is 17.7 Å². The number of ether oxygens (including phenoxy) is 1. The Balaban J connectivity index is 2.51. The van der Waals surface area contributed by atoms with Crippen molar-refractivity contribution in [2.24, 2.45) is 0 Å². The first-order valence-electron chi connectivity index (χ1n) is 5.30. The minimum absolute atomic E-state index is 0.194. The molecule has 0 aliphatic heterocycles. The summed E-state index contributed by atoms with van der Waals surface area (Å²) in [4.78, 5) is 11.9. The predicted octanol–water partition coefficient (Wildman–Crippen LogP) is 2.71. The second-order valence-electron chi connectivity index (χ2n) is 3.47. The molecule has 3 nitrogen and oxygen atoms in total. The molecule has 0 aliphatic rings. The van der Waals surface area contributed by atoms with E-state index in [2.05, 4.69) is 10.1 Å². The molecule has 0 spiro atoms. The molecule has 17 heavy (non-hydrogen) atoms. The zero-order chi connectivity index (χ0) is 12.7. The highest BCUT2D eigenvalue weighted by Crippen LogP contribution is 2.28. The fourth-order valence-corrected chi connectivity index (χ4v) is 2.54. The van der Waals surface area contributed by atoms with Gasteiger partial charge < -0.3 is 10.1 Å². The highest BCUT2D eigenvalue weighted by Gasteiger charge is 2.05. The van der Waals surface area contributed by atoms with E-state index in [1.807, 2.05) is 25.2 Å². The van der Waals surface area contributed by atoms with Crippen LogP contribution in [0.15, 0.2) is 23.1 Å². The Morgan fingerprint density at radius 2 is 2.29 bits per heavy atom. The standard InChI is InChI=1S/C12H16ClNO2S/c1-14-8-9-3-4-11(10(13)7-9)17-6-5-12(15)16-2/h3-4,7,14H,5-6,8H2,1-2H3. The van der Waals surface area contributed by atoms with Gasteiger partial charge in [0.25, 0.3) is 0 Å². The average molecular weight is 274 g/mol. The number of carbonyl (C=O) groups is 1. The van der Waals surface area contributed by atoms with Crippen LogP contribution >= 0.6 is 23.4 Å². The lowest BCUT2D eigenvalue weighted by Gasteiger charge is -2.06. The molecule has 1 N–H and O–H groups in total. The van der Waals surface area contributed by atoms with Crippen molar-refractivity contribution >= 4 is 29.3 Å². The van der Waals surface area contributed by atoms with Gasteiger partial charge >= 0.3 is 5.97 Å². The van der Waals surface area contributed by atoms with Crippen LogP contribution < -0.4 is 5.32 Å². The molecule has 0 amide bonds. The number of esters is 1. The second kappa shape index (κ2) is 7.58. The zero-order valence-corrected chi connectivity index (χ0v) is 11.5. The van der Waals surface area contributed by atoms with E-state index in [9.17, 15) is 4.79 Å². The normalized spacial score (nSPS) is 10.3. The third kappa shape index (κ3) is 4.98.